The van der Waals surface area contributed by atoms with Crippen molar-refractivity contribution in [3.8, 4) is 11.5 Å². The Bertz CT molecular complexity index is 546. The zero-order valence-electron chi connectivity index (χ0n) is 9.57. The van der Waals surface area contributed by atoms with Gasteiger partial charge in [0, 0.05) is 12.3 Å². The largest absolute Gasteiger partial charge is 0.453 e. The summed E-state index contributed by atoms with van der Waals surface area (Å²) in [5.41, 5.74) is 6.31. The fourth-order valence-electron chi connectivity index (χ4n) is 1.51. The molecule has 0 aliphatic heterocycles. The molecule has 0 saturated heterocycles. The quantitative estimate of drug-likeness (QED) is 0.907. The van der Waals surface area contributed by atoms with Crippen LogP contribution >= 0.6 is 0 Å². The summed E-state index contributed by atoms with van der Waals surface area (Å²) in [6, 6.07) is 4.74. The number of ether oxygens (including phenoxy) is 1. The maximum Gasteiger partial charge on any atom is 0.166 e. The molecule has 1 aromatic carbocycles. The van der Waals surface area contributed by atoms with Crippen molar-refractivity contribution >= 4 is 0 Å². The SMILES string of the molecule is NCCc1cncc(Oc2cc(F)ccc2F)c1. The van der Waals surface area contributed by atoms with Crippen LogP contribution in [0.2, 0.25) is 0 Å². The number of pyridine rings is 1. The highest BCUT2D eigenvalue weighted by Crippen LogP contribution is 2.25. The van der Waals surface area contributed by atoms with Gasteiger partial charge in [-0.3, -0.25) is 4.98 Å². The van der Waals surface area contributed by atoms with Gasteiger partial charge in [0.1, 0.15) is 11.6 Å². The first kappa shape index (κ1) is 12.4. The molecule has 5 heteroatoms. The molecular formula is C13H12F2N2O. The predicted molar refractivity (Wildman–Crippen MR) is 63.4 cm³/mol. The van der Waals surface area contributed by atoms with E-state index in [9.17, 15) is 8.78 Å². The Morgan fingerprint density at radius 2 is 2.00 bits per heavy atom. The molecule has 0 bridgehead atoms. The van der Waals surface area contributed by atoms with Crippen molar-refractivity contribution in [3.63, 3.8) is 0 Å². The van der Waals surface area contributed by atoms with Crippen LogP contribution in [0.15, 0.2) is 36.7 Å². The molecule has 2 aromatic rings. The average molecular weight is 250 g/mol. The van der Waals surface area contributed by atoms with Crippen molar-refractivity contribution in [2.24, 2.45) is 5.73 Å². The van der Waals surface area contributed by atoms with Crippen LogP contribution in [0.1, 0.15) is 5.56 Å². The summed E-state index contributed by atoms with van der Waals surface area (Å²) in [5.74, 6) is -0.995. The number of hydrogen-bond donors (Lipinski definition) is 1. The number of hydrogen-bond acceptors (Lipinski definition) is 3. The van der Waals surface area contributed by atoms with E-state index >= 15 is 0 Å². The molecule has 3 nitrogen and oxygen atoms in total. The van der Waals surface area contributed by atoms with Gasteiger partial charge in [0.2, 0.25) is 0 Å². The minimum absolute atomic E-state index is 0.165. The van der Waals surface area contributed by atoms with Gasteiger partial charge in [-0.15, -0.1) is 0 Å². The molecular weight excluding hydrogens is 238 g/mol. The van der Waals surface area contributed by atoms with Crippen molar-refractivity contribution < 1.29 is 13.5 Å². The molecule has 0 amide bonds. The van der Waals surface area contributed by atoms with Crippen molar-refractivity contribution in [1.29, 1.82) is 0 Å². The number of nitrogens with two attached hydrogens (primary N) is 1. The summed E-state index contributed by atoms with van der Waals surface area (Å²) in [7, 11) is 0. The summed E-state index contributed by atoms with van der Waals surface area (Å²) in [5, 5.41) is 0. The van der Waals surface area contributed by atoms with Gasteiger partial charge in [0.25, 0.3) is 0 Å². The third-order valence-electron chi connectivity index (χ3n) is 2.32. The third-order valence-corrected chi connectivity index (χ3v) is 2.32. The van der Waals surface area contributed by atoms with Crippen molar-refractivity contribution in [1.82, 2.24) is 4.98 Å². The minimum Gasteiger partial charge on any atom is -0.453 e. The zero-order valence-corrected chi connectivity index (χ0v) is 9.57. The van der Waals surface area contributed by atoms with Gasteiger partial charge in [-0.25, -0.2) is 8.78 Å². The van der Waals surface area contributed by atoms with Crippen molar-refractivity contribution in [2.45, 2.75) is 6.42 Å². The fraction of sp³-hybridized carbons (Fsp3) is 0.154. The monoisotopic (exact) mass is 250 g/mol. The van der Waals surface area contributed by atoms with E-state index in [1.807, 2.05) is 0 Å². The van der Waals surface area contributed by atoms with Crippen LogP contribution in [0, 0.1) is 11.6 Å². The molecule has 0 atom stereocenters. The number of nitrogens with zero attached hydrogens (tertiary/aromatic N) is 1. The van der Waals surface area contributed by atoms with E-state index < -0.39 is 11.6 Å². The third kappa shape index (κ3) is 3.01. The highest BCUT2D eigenvalue weighted by molar-refractivity contribution is 5.32. The summed E-state index contributed by atoms with van der Waals surface area (Å²) in [6.07, 6.45) is 3.74. The molecule has 0 saturated carbocycles. The van der Waals surface area contributed by atoms with Gasteiger partial charge in [0.15, 0.2) is 11.6 Å². The van der Waals surface area contributed by atoms with E-state index in [1.54, 1.807) is 12.3 Å². The Balaban J connectivity index is 2.22. The van der Waals surface area contributed by atoms with Crippen LogP contribution in [-0.4, -0.2) is 11.5 Å². The minimum atomic E-state index is -0.624. The van der Waals surface area contributed by atoms with Gasteiger partial charge in [-0.2, -0.15) is 0 Å². The summed E-state index contributed by atoms with van der Waals surface area (Å²) < 4.78 is 31.6. The normalized spacial score (nSPS) is 10.4. The van der Waals surface area contributed by atoms with E-state index in [0.717, 1.165) is 23.8 Å². The second kappa shape index (κ2) is 5.55. The maximum absolute atomic E-state index is 13.4. The second-order valence-electron chi connectivity index (χ2n) is 3.74. The predicted octanol–water partition coefficient (Wildman–Crippen LogP) is 2.65. The van der Waals surface area contributed by atoms with Gasteiger partial charge in [0.05, 0.1) is 6.20 Å². The highest BCUT2D eigenvalue weighted by atomic mass is 19.1. The van der Waals surface area contributed by atoms with Crippen molar-refractivity contribution in [2.75, 3.05) is 6.54 Å². The lowest BCUT2D eigenvalue weighted by atomic mass is 10.2. The second-order valence-corrected chi connectivity index (χ2v) is 3.74. The van der Waals surface area contributed by atoms with E-state index in [4.69, 9.17) is 10.5 Å². The van der Waals surface area contributed by atoms with Crippen LogP contribution in [0.4, 0.5) is 8.78 Å². The molecule has 94 valence electrons. The van der Waals surface area contributed by atoms with Crippen LogP contribution in [0.3, 0.4) is 0 Å². The van der Waals surface area contributed by atoms with Crippen LogP contribution in [-0.2, 0) is 6.42 Å². The van der Waals surface area contributed by atoms with E-state index in [-0.39, 0.29) is 5.75 Å². The Morgan fingerprint density at radius 3 is 2.78 bits per heavy atom. The Labute approximate surface area is 103 Å². The molecule has 0 aliphatic carbocycles. The maximum atomic E-state index is 13.4. The first-order chi connectivity index (χ1) is 8.69. The lowest BCUT2D eigenvalue weighted by Crippen LogP contribution is -2.03. The van der Waals surface area contributed by atoms with Gasteiger partial charge in [-0.05, 0) is 36.7 Å². The van der Waals surface area contributed by atoms with Crippen LogP contribution in [0.25, 0.3) is 0 Å². The molecule has 0 radical (unpaired) electrons. The van der Waals surface area contributed by atoms with Crippen LogP contribution < -0.4 is 10.5 Å². The molecule has 1 aromatic heterocycles. The Hall–Kier alpha value is -2.01. The van der Waals surface area contributed by atoms with Crippen LogP contribution in [0.5, 0.6) is 11.5 Å². The fourth-order valence-corrected chi connectivity index (χ4v) is 1.51. The van der Waals surface area contributed by atoms with Gasteiger partial charge in [-0.1, -0.05) is 0 Å². The molecule has 0 unspecified atom stereocenters. The summed E-state index contributed by atoms with van der Waals surface area (Å²) >= 11 is 0. The Morgan fingerprint density at radius 1 is 1.17 bits per heavy atom. The first-order valence-electron chi connectivity index (χ1n) is 5.46. The molecule has 0 spiro atoms. The standard InChI is InChI=1S/C13H12F2N2O/c14-10-1-2-12(15)13(6-10)18-11-5-9(3-4-16)7-17-8-11/h1-2,5-8H,3-4,16H2. The van der Waals surface area contributed by atoms with E-state index in [1.165, 1.54) is 6.20 Å². The zero-order chi connectivity index (χ0) is 13.0. The number of benzene rings is 1. The molecule has 18 heavy (non-hydrogen) atoms. The molecule has 2 rings (SSSR count). The Kier molecular flexibility index (Phi) is 3.84. The molecule has 0 aliphatic rings. The molecule has 2 N–H and O–H groups in total. The van der Waals surface area contributed by atoms with Gasteiger partial charge < -0.3 is 10.5 Å². The number of rotatable bonds is 4. The number of halogens is 2. The lowest BCUT2D eigenvalue weighted by Gasteiger charge is -2.07. The summed E-state index contributed by atoms with van der Waals surface area (Å²) in [4.78, 5) is 3.95. The smallest absolute Gasteiger partial charge is 0.166 e. The van der Waals surface area contributed by atoms with E-state index in [0.29, 0.717) is 18.7 Å². The highest BCUT2D eigenvalue weighted by Gasteiger charge is 2.07. The van der Waals surface area contributed by atoms with Crippen molar-refractivity contribution in [3.05, 3.63) is 53.9 Å². The topological polar surface area (TPSA) is 48.1 Å². The van der Waals surface area contributed by atoms with E-state index in [2.05, 4.69) is 4.98 Å². The lowest BCUT2D eigenvalue weighted by molar-refractivity contribution is 0.434. The summed E-state index contributed by atoms with van der Waals surface area (Å²) in [6.45, 7) is 0.486. The van der Waals surface area contributed by atoms with Gasteiger partial charge >= 0.3 is 0 Å². The number of aromatic nitrogens is 1. The molecule has 0 fully saturated rings. The first-order valence-corrected chi connectivity index (χ1v) is 5.46. The molecule has 1 heterocycles. The average Bonchev–Trinajstić information content (AvgIpc) is 2.35.